The first-order valence-corrected chi connectivity index (χ1v) is 4.15. The first-order valence-electron chi connectivity index (χ1n) is 4.15. The van der Waals surface area contributed by atoms with E-state index in [0.29, 0.717) is 0 Å². The van der Waals surface area contributed by atoms with Crippen LogP contribution in [0.25, 0.3) is 0 Å². The molecule has 1 radical (unpaired) electrons. The zero-order valence-corrected chi connectivity index (χ0v) is 7.98. The van der Waals surface area contributed by atoms with Gasteiger partial charge < -0.3 is 9.25 Å². The molecule has 0 aliphatic carbocycles. The van der Waals surface area contributed by atoms with Gasteiger partial charge in [-0.3, -0.25) is 10.5 Å². The second-order valence-corrected chi connectivity index (χ2v) is 2.90. The number of nitrogens with zero attached hydrogens (tertiary/aromatic N) is 1. The van der Waals surface area contributed by atoms with Gasteiger partial charge in [-0.25, -0.2) is 0 Å². The predicted octanol–water partition coefficient (Wildman–Crippen LogP) is 1.22. The molecule has 0 aliphatic rings. The number of hydrogen-bond donors (Lipinski definition) is 0. The van der Waals surface area contributed by atoms with Gasteiger partial charge in [0.25, 0.3) is 5.91 Å². The molecule has 0 atom stereocenters. The maximum Gasteiger partial charge on any atom is 0.295 e. The molecular weight excluding hydrogens is 184 g/mol. The van der Waals surface area contributed by atoms with E-state index < -0.39 is 5.91 Å². The van der Waals surface area contributed by atoms with Gasteiger partial charge in [0.15, 0.2) is 5.76 Å². The van der Waals surface area contributed by atoms with Crippen LogP contribution in [0.15, 0.2) is 28.0 Å². The lowest BCUT2D eigenvalue weighted by Gasteiger charge is -2.02. The lowest BCUT2D eigenvalue weighted by Crippen LogP contribution is -2.16. The second kappa shape index (κ2) is 4.45. The molecule has 0 aromatic carbocycles. The zero-order chi connectivity index (χ0) is 10.6. The normalized spacial score (nSPS) is 11.8. The van der Waals surface area contributed by atoms with Crippen LogP contribution in [0.3, 0.4) is 0 Å². The maximum atomic E-state index is 10.9. The summed E-state index contributed by atoms with van der Waals surface area (Å²) in [5.74, 6) is -0.689. The molecule has 5 heteroatoms. The number of nitrogens with one attached hydrogen (secondary N) is 1. The minimum atomic E-state index is -0.930. The average Bonchev–Trinajstić information content (AvgIpc) is 2.56. The SMILES string of the molecule is CC(C)O/N=C(\C([NH])=O)c1ccco1. The van der Waals surface area contributed by atoms with Crippen molar-refractivity contribution in [1.82, 2.24) is 5.73 Å². The molecule has 75 valence electrons. The number of rotatable bonds is 4. The Hall–Kier alpha value is -1.78. The summed E-state index contributed by atoms with van der Waals surface area (Å²) in [5, 5.41) is 3.55. The van der Waals surface area contributed by atoms with Crippen LogP contribution >= 0.6 is 0 Å². The Balaban J connectivity index is 2.85. The summed E-state index contributed by atoms with van der Waals surface area (Å²) in [7, 11) is 0. The minimum absolute atomic E-state index is 0.122. The van der Waals surface area contributed by atoms with Gasteiger partial charge in [0.05, 0.1) is 6.26 Å². The highest BCUT2D eigenvalue weighted by atomic mass is 16.6. The number of furan rings is 1. The first-order chi connectivity index (χ1) is 6.61. The van der Waals surface area contributed by atoms with Crippen molar-refractivity contribution in [3.8, 4) is 0 Å². The van der Waals surface area contributed by atoms with Crippen LogP contribution in [-0.4, -0.2) is 17.7 Å². The standard InChI is InChI=1S/C9H11N2O3/c1-6(2)14-11-8(9(10)12)7-4-3-5-13-7/h3-6,10H,1-2H3/b11-8-. The lowest BCUT2D eigenvalue weighted by molar-refractivity contribution is -0.112. The van der Waals surface area contributed by atoms with E-state index in [1.807, 2.05) is 0 Å². The Bertz CT molecular complexity index is 328. The zero-order valence-electron chi connectivity index (χ0n) is 7.98. The lowest BCUT2D eigenvalue weighted by atomic mass is 10.3. The monoisotopic (exact) mass is 195 g/mol. The fourth-order valence-electron chi connectivity index (χ4n) is 0.770. The van der Waals surface area contributed by atoms with E-state index in [2.05, 4.69) is 5.16 Å². The van der Waals surface area contributed by atoms with E-state index in [0.717, 1.165) is 0 Å². The Morgan fingerprint density at radius 3 is 2.79 bits per heavy atom. The third-order valence-corrected chi connectivity index (χ3v) is 1.32. The van der Waals surface area contributed by atoms with Crippen LogP contribution in [0, 0.1) is 0 Å². The van der Waals surface area contributed by atoms with Crippen LogP contribution in [-0.2, 0) is 9.63 Å². The highest BCUT2D eigenvalue weighted by Gasteiger charge is 2.15. The molecule has 1 aromatic rings. The largest absolute Gasteiger partial charge is 0.462 e. The summed E-state index contributed by atoms with van der Waals surface area (Å²) in [6, 6.07) is 3.16. The Morgan fingerprint density at radius 1 is 1.64 bits per heavy atom. The molecule has 0 unspecified atom stereocenters. The van der Waals surface area contributed by atoms with Crippen LogP contribution < -0.4 is 5.73 Å². The second-order valence-electron chi connectivity index (χ2n) is 2.90. The van der Waals surface area contributed by atoms with Crippen LogP contribution in [0.2, 0.25) is 0 Å². The van der Waals surface area contributed by atoms with Crippen molar-refractivity contribution in [3.05, 3.63) is 24.2 Å². The molecule has 14 heavy (non-hydrogen) atoms. The third kappa shape index (κ3) is 2.62. The molecule has 1 amide bonds. The van der Waals surface area contributed by atoms with Crippen LogP contribution in [0.1, 0.15) is 19.6 Å². The molecule has 0 bridgehead atoms. The number of oxime groups is 1. The maximum absolute atomic E-state index is 10.9. The van der Waals surface area contributed by atoms with Gasteiger partial charge in [-0.05, 0) is 26.0 Å². The van der Waals surface area contributed by atoms with Gasteiger partial charge >= 0.3 is 0 Å². The van der Waals surface area contributed by atoms with E-state index in [1.165, 1.54) is 6.26 Å². The summed E-state index contributed by atoms with van der Waals surface area (Å²) in [4.78, 5) is 15.7. The first kappa shape index (κ1) is 10.3. The van der Waals surface area contributed by atoms with E-state index in [-0.39, 0.29) is 17.6 Å². The molecule has 1 heterocycles. The average molecular weight is 195 g/mol. The summed E-state index contributed by atoms with van der Waals surface area (Å²) < 4.78 is 4.94. The van der Waals surface area contributed by atoms with Gasteiger partial charge in [-0.15, -0.1) is 0 Å². The third-order valence-electron chi connectivity index (χ3n) is 1.32. The minimum Gasteiger partial charge on any atom is -0.462 e. The summed E-state index contributed by atoms with van der Waals surface area (Å²) >= 11 is 0. The molecule has 0 saturated heterocycles. The fourth-order valence-corrected chi connectivity index (χ4v) is 0.770. The summed E-state index contributed by atoms with van der Waals surface area (Å²) in [6.07, 6.45) is 1.27. The summed E-state index contributed by atoms with van der Waals surface area (Å²) in [6.45, 7) is 3.55. The fraction of sp³-hybridized carbons (Fsp3) is 0.333. The van der Waals surface area contributed by atoms with Gasteiger partial charge in [0.1, 0.15) is 6.10 Å². The van der Waals surface area contributed by atoms with E-state index in [1.54, 1.807) is 26.0 Å². The van der Waals surface area contributed by atoms with Crippen molar-refractivity contribution in [2.45, 2.75) is 20.0 Å². The summed E-state index contributed by atoms with van der Waals surface area (Å²) in [5.41, 5.74) is 6.82. The molecule has 0 spiro atoms. The van der Waals surface area contributed by atoms with Crippen molar-refractivity contribution < 1.29 is 14.0 Å². The molecule has 1 rings (SSSR count). The van der Waals surface area contributed by atoms with Gasteiger partial charge in [0.2, 0.25) is 5.71 Å². The number of carbonyl (C=O) groups is 1. The van der Waals surface area contributed by atoms with Crippen molar-refractivity contribution >= 4 is 11.6 Å². The number of amides is 1. The van der Waals surface area contributed by atoms with Crippen molar-refractivity contribution in [1.29, 1.82) is 0 Å². The number of carbonyl (C=O) groups excluding carboxylic acids is 1. The topological polar surface area (TPSA) is 75.6 Å². The molecule has 5 nitrogen and oxygen atoms in total. The van der Waals surface area contributed by atoms with Crippen molar-refractivity contribution in [3.63, 3.8) is 0 Å². The Labute approximate surface area is 81.5 Å². The van der Waals surface area contributed by atoms with E-state index in [4.69, 9.17) is 15.0 Å². The van der Waals surface area contributed by atoms with E-state index in [9.17, 15) is 4.79 Å². The molecule has 1 aromatic heterocycles. The van der Waals surface area contributed by atoms with Crippen LogP contribution in [0.5, 0.6) is 0 Å². The van der Waals surface area contributed by atoms with E-state index >= 15 is 0 Å². The molecule has 1 N–H and O–H groups in total. The van der Waals surface area contributed by atoms with Gasteiger partial charge in [-0.2, -0.15) is 0 Å². The predicted molar refractivity (Wildman–Crippen MR) is 49.6 cm³/mol. The van der Waals surface area contributed by atoms with Gasteiger partial charge in [0, 0.05) is 0 Å². The highest BCUT2D eigenvalue weighted by Crippen LogP contribution is 2.04. The smallest absolute Gasteiger partial charge is 0.295 e. The molecule has 0 saturated carbocycles. The number of hydrogen-bond acceptors (Lipinski definition) is 4. The van der Waals surface area contributed by atoms with Crippen LogP contribution in [0.4, 0.5) is 0 Å². The molecule has 0 fully saturated rings. The van der Waals surface area contributed by atoms with Crippen molar-refractivity contribution in [2.24, 2.45) is 5.16 Å². The van der Waals surface area contributed by atoms with Crippen molar-refractivity contribution in [2.75, 3.05) is 0 Å². The Morgan fingerprint density at radius 2 is 2.36 bits per heavy atom. The van der Waals surface area contributed by atoms with Gasteiger partial charge in [-0.1, -0.05) is 5.16 Å². The molecular formula is C9H11N2O3. The molecule has 0 aliphatic heterocycles. The Kier molecular flexibility index (Phi) is 3.28. The quantitative estimate of drug-likeness (QED) is 0.535. The highest BCUT2D eigenvalue weighted by molar-refractivity contribution is 6.43.